The van der Waals surface area contributed by atoms with Crippen LogP contribution in [0.4, 0.5) is 0 Å². The third kappa shape index (κ3) is 5.16. The number of likely N-dealkylation sites (N-methyl/N-ethyl adjacent to an activating group) is 1. The molecule has 0 N–H and O–H groups in total. The summed E-state index contributed by atoms with van der Waals surface area (Å²) < 4.78 is 10.5. The molecule has 1 unspecified atom stereocenters. The van der Waals surface area contributed by atoms with Crippen molar-refractivity contribution in [2.24, 2.45) is 0 Å². The number of hydrogen-bond donors (Lipinski definition) is 0. The zero-order valence-corrected chi connectivity index (χ0v) is 16.6. The van der Waals surface area contributed by atoms with Gasteiger partial charge in [-0.05, 0) is 31.1 Å². The number of rotatable bonds is 6. The van der Waals surface area contributed by atoms with Crippen LogP contribution in [-0.4, -0.2) is 55.8 Å². The van der Waals surface area contributed by atoms with Crippen molar-refractivity contribution in [1.82, 2.24) is 0 Å². The number of nitrogens with zero attached hydrogens (tertiary/aromatic N) is 1. The van der Waals surface area contributed by atoms with Gasteiger partial charge in [0.2, 0.25) is 0 Å². The summed E-state index contributed by atoms with van der Waals surface area (Å²) in [5.41, 5.74) is 2.44. The molecule has 2 rings (SSSR count). The summed E-state index contributed by atoms with van der Waals surface area (Å²) in [5, 5.41) is 0. The van der Waals surface area contributed by atoms with Gasteiger partial charge in [-0.2, -0.15) is 0 Å². The molecule has 0 bridgehead atoms. The SMILES string of the molecule is CCOC(=O)C(C(=O)OCC)[N+]1(C)CC=C(c2ccccc2)CC1.[Br-]. The second-order valence-corrected chi connectivity index (χ2v) is 6.14. The average molecular weight is 412 g/mol. The predicted octanol–water partition coefficient (Wildman–Crippen LogP) is -0.581. The summed E-state index contributed by atoms with van der Waals surface area (Å²) in [6.07, 6.45) is 2.92. The van der Waals surface area contributed by atoms with Gasteiger partial charge in [-0.1, -0.05) is 30.3 Å². The molecule has 0 aromatic heterocycles. The number of carbonyl (C=O) groups is 2. The number of benzene rings is 1. The molecule has 25 heavy (non-hydrogen) atoms. The van der Waals surface area contributed by atoms with E-state index in [1.807, 2.05) is 25.2 Å². The fourth-order valence-corrected chi connectivity index (χ4v) is 3.08. The van der Waals surface area contributed by atoms with E-state index in [2.05, 4.69) is 18.2 Å². The molecule has 0 radical (unpaired) electrons. The highest BCUT2D eigenvalue weighted by Gasteiger charge is 2.47. The van der Waals surface area contributed by atoms with E-state index < -0.39 is 18.0 Å². The standard InChI is InChI=1S/C19H26NO4.BrH/c1-4-23-18(21)17(19(22)24-5-2)20(3)13-11-16(12-14-20)15-9-7-6-8-10-15;/h6-11,17H,4-5,12-14H2,1-3H3;1H/q+1;/p-1. The van der Waals surface area contributed by atoms with E-state index in [1.165, 1.54) is 11.1 Å². The number of hydrogen-bond acceptors (Lipinski definition) is 4. The minimum atomic E-state index is -0.932. The van der Waals surface area contributed by atoms with E-state index >= 15 is 0 Å². The lowest BCUT2D eigenvalue weighted by atomic mass is 9.97. The molecule has 1 heterocycles. The predicted molar refractivity (Wildman–Crippen MR) is 92.0 cm³/mol. The fourth-order valence-electron chi connectivity index (χ4n) is 3.08. The Morgan fingerprint density at radius 3 is 2.08 bits per heavy atom. The van der Waals surface area contributed by atoms with Crippen molar-refractivity contribution < 1.29 is 40.5 Å². The van der Waals surface area contributed by atoms with Gasteiger partial charge in [-0.3, -0.25) is 0 Å². The molecule has 0 saturated heterocycles. The first kappa shape index (κ1) is 21.4. The van der Waals surface area contributed by atoms with Crippen molar-refractivity contribution >= 4 is 17.5 Å². The molecule has 1 aliphatic rings. The maximum atomic E-state index is 12.4. The van der Waals surface area contributed by atoms with Crippen molar-refractivity contribution in [3.05, 3.63) is 42.0 Å². The van der Waals surface area contributed by atoms with Crippen molar-refractivity contribution in [2.75, 3.05) is 33.4 Å². The van der Waals surface area contributed by atoms with Crippen LogP contribution in [0.15, 0.2) is 36.4 Å². The van der Waals surface area contributed by atoms with Crippen molar-refractivity contribution in [1.29, 1.82) is 0 Å². The Morgan fingerprint density at radius 2 is 1.64 bits per heavy atom. The average Bonchev–Trinajstić information content (AvgIpc) is 2.57. The lowest BCUT2D eigenvalue weighted by molar-refractivity contribution is -0.912. The molecule has 0 saturated carbocycles. The lowest BCUT2D eigenvalue weighted by Gasteiger charge is -2.40. The topological polar surface area (TPSA) is 52.6 Å². The molecule has 0 aliphatic carbocycles. The minimum Gasteiger partial charge on any atom is -1.00 e. The first-order valence-electron chi connectivity index (χ1n) is 8.43. The monoisotopic (exact) mass is 411 g/mol. The summed E-state index contributed by atoms with van der Waals surface area (Å²) in [7, 11) is 1.91. The maximum Gasteiger partial charge on any atom is 0.377 e. The Labute approximate surface area is 160 Å². The smallest absolute Gasteiger partial charge is 0.377 e. The van der Waals surface area contributed by atoms with Crippen LogP contribution in [0.3, 0.4) is 0 Å². The number of quaternary nitrogens is 1. The quantitative estimate of drug-likeness (QED) is 0.357. The Balaban J connectivity index is 0.00000312. The van der Waals surface area contributed by atoms with Crippen LogP contribution in [0.25, 0.3) is 5.57 Å². The van der Waals surface area contributed by atoms with Gasteiger partial charge in [0.05, 0.1) is 33.4 Å². The van der Waals surface area contributed by atoms with E-state index in [9.17, 15) is 9.59 Å². The van der Waals surface area contributed by atoms with Crippen LogP contribution >= 0.6 is 0 Å². The number of halogens is 1. The highest BCUT2D eigenvalue weighted by Crippen LogP contribution is 2.28. The second-order valence-electron chi connectivity index (χ2n) is 6.14. The summed E-state index contributed by atoms with van der Waals surface area (Å²) >= 11 is 0. The van der Waals surface area contributed by atoms with Crippen LogP contribution in [-0.2, 0) is 19.1 Å². The first-order chi connectivity index (χ1) is 11.5. The molecular formula is C19H26BrNO4. The summed E-state index contributed by atoms with van der Waals surface area (Å²) in [6, 6.07) is 9.24. The Bertz CT molecular complexity index is 599. The van der Waals surface area contributed by atoms with Gasteiger partial charge in [0, 0.05) is 6.42 Å². The van der Waals surface area contributed by atoms with Gasteiger partial charge in [0.1, 0.15) is 0 Å². The van der Waals surface area contributed by atoms with E-state index in [1.54, 1.807) is 13.8 Å². The summed E-state index contributed by atoms with van der Waals surface area (Å²) in [6.45, 7) is 5.25. The molecule has 1 aliphatic heterocycles. The van der Waals surface area contributed by atoms with Gasteiger partial charge in [0.15, 0.2) is 0 Å². The van der Waals surface area contributed by atoms with Gasteiger partial charge in [-0.25, -0.2) is 9.59 Å². The molecule has 5 nitrogen and oxygen atoms in total. The van der Waals surface area contributed by atoms with Crippen LogP contribution < -0.4 is 17.0 Å². The summed E-state index contributed by atoms with van der Waals surface area (Å²) in [4.78, 5) is 24.7. The highest BCUT2D eigenvalue weighted by atomic mass is 79.9. The van der Waals surface area contributed by atoms with Crippen LogP contribution in [0, 0.1) is 0 Å². The van der Waals surface area contributed by atoms with Crippen LogP contribution in [0.2, 0.25) is 0 Å². The zero-order chi connectivity index (χ0) is 17.6. The van der Waals surface area contributed by atoms with Crippen molar-refractivity contribution in [3.8, 4) is 0 Å². The van der Waals surface area contributed by atoms with E-state index in [0.717, 1.165) is 6.42 Å². The molecule has 1 aromatic rings. The van der Waals surface area contributed by atoms with E-state index in [-0.39, 0.29) is 34.7 Å². The fraction of sp³-hybridized carbons (Fsp3) is 0.474. The van der Waals surface area contributed by atoms with Crippen LogP contribution in [0.1, 0.15) is 25.8 Å². The largest absolute Gasteiger partial charge is 1.00 e. The van der Waals surface area contributed by atoms with Crippen molar-refractivity contribution in [3.63, 3.8) is 0 Å². The molecular weight excluding hydrogens is 386 g/mol. The van der Waals surface area contributed by atoms with Gasteiger partial charge < -0.3 is 30.9 Å². The van der Waals surface area contributed by atoms with E-state index in [4.69, 9.17) is 9.47 Å². The first-order valence-corrected chi connectivity index (χ1v) is 8.43. The Kier molecular flexibility index (Phi) is 8.32. The lowest BCUT2D eigenvalue weighted by Crippen LogP contribution is -3.00. The maximum absolute atomic E-state index is 12.4. The molecule has 0 fully saturated rings. The molecule has 0 spiro atoms. The number of esters is 2. The van der Waals surface area contributed by atoms with Gasteiger partial charge in [-0.15, -0.1) is 0 Å². The zero-order valence-electron chi connectivity index (χ0n) is 15.0. The number of ether oxygens (including phenoxy) is 2. The molecule has 6 heteroatoms. The Hall–Kier alpha value is -1.66. The molecule has 138 valence electrons. The molecule has 0 amide bonds. The third-order valence-electron chi connectivity index (χ3n) is 4.43. The number of carbonyl (C=O) groups excluding carboxylic acids is 2. The molecule has 1 atom stereocenters. The Morgan fingerprint density at radius 1 is 1.08 bits per heavy atom. The minimum absolute atomic E-state index is 0. The normalized spacial score (nSPS) is 19.6. The molecule has 1 aromatic carbocycles. The van der Waals surface area contributed by atoms with E-state index in [0.29, 0.717) is 13.1 Å². The van der Waals surface area contributed by atoms with Crippen molar-refractivity contribution in [2.45, 2.75) is 26.3 Å². The van der Waals surface area contributed by atoms with Gasteiger partial charge >= 0.3 is 11.9 Å². The highest BCUT2D eigenvalue weighted by molar-refractivity contribution is 5.98. The summed E-state index contributed by atoms with van der Waals surface area (Å²) in [5.74, 6) is -1.01. The van der Waals surface area contributed by atoms with Crippen LogP contribution in [0.5, 0.6) is 0 Å². The van der Waals surface area contributed by atoms with Gasteiger partial charge in [0.25, 0.3) is 6.04 Å². The second kappa shape index (κ2) is 9.73. The third-order valence-corrected chi connectivity index (χ3v) is 4.43.